The van der Waals surface area contributed by atoms with Gasteiger partial charge in [0.15, 0.2) is 0 Å². The first-order valence-electron chi connectivity index (χ1n) is 7.08. The molecule has 0 heterocycles. The monoisotopic (exact) mass is 243 g/mol. The molecule has 0 bridgehead atoms. The summed E-state index contributed by atoms with van der Waals surface area (Å²) in [5.74, 6) is 0. The molecule has 17 heavy (non-hydrogen) atoms. The van der Waals surface area contributed by atoms with Crippen LogP contribution < -0.4 is 5.32 Å². The standard InChI is InChI=1S/C14H29NO2/c1-3-13(2,12-16)10-15-11-14(17)8-6-4-5-7-9-14/h15-17H,3-12H2,1-2H3. The Morgan fingerprint density at radius 3 is 2.24 bits per heavy atom. The maximum atomic E-state index is 10.5. The maximum absolute atomic E-state index is 10.5. The summed E-state index contributed by atoms with van der Waals surface area (Å²) < 4.78 is 0. The molecule has 0 radical (unpaired) electrons. The van der Waals surface area contributed by atoms with Crippen LogP contribution in [0.1, 0.15) is 58.8 Å². The van der Waals surface area contributed by atoms with Crippen LogP contribution in [0.2, 0.25) is 0 Å². The molecular weight excluding hydrogens is 214 g/mol. The van der Waals surface area contributed by atoms with Gasteiger partial charge in [0.05, 0.1) is 5.60 Å². The second kappa shape index (κ2) is 6.72. The SMILES string of the molecule is CCC(C)(CO)CNCC1(O)CCCCCC1. The second-order valence-electron chi connectivity index (χ2n) is 6.06. The van der Waals surface area contributed by atoms with E-state index in [9.17, 15) is 10.2 Å². The number of hydrogen-bond donors (Lipinski definition) is 3. The Kier molecular flexibility index (Phi) is 5.90. The highest BCUT2D eigenvalue weighted by Crippen LogP contribution is 2.27. The van der Waals surface area contributed by atoms with E-state index in [1.54, 1.807) is 0 Å². The van der Waals surface area contributed by atoms with E-state index in [1.165, 1.54) is 12.8 Å². The lowest BCUT2D eigenvalue weighted by molar-refractivity contribution is 0.0207. The quantitative estimate of drug-likeness (QED) is 0.626. The minimum absolute atomic E-state index is 0.0545. The van der Waals surface area contributed by atoms with E-state index in [-0.39, 0.29) is 12.0 Å². The van der Waals surface area contributed by atoms with Crippen LogP contribution in [0.4, 0.5) is 0 Å². The Morgan fingerprint density at radius 2 is 1.76 bits per heavy atom. The van der Waals surface area contributed by atoms with Gasteiger partial charge in [-0.25, -0.2) is 0 Å². The summed E-state index contributed by atoms with van der Waals surface area (Å²) in [4.78, 5) is 0. The van der Waals surface area contributed by atoms with E-state index in [2.05, 4.69) is 19.2 Å². The highest BCUT2D eigenvalue weighted by Gasteiger charge is 2.29. The Balaban J connectivity index is 2.33. The van der Waals surface area contributed by atoms with Gasteiger partial charge in [-0.3, -0.25) is 0 Å². The zero-order chi connectivity index (χ0) is 12.8. The van der Waals surface area contributed by atoms with Crippen LogP contribution >= 0.6 is 0 Å². The van der Waals surface area contributed by atoms with Gasteiger partial charge < -0.3 is 15.5 Å². The van der Waals surface area contributed by atoms with Gasteiger partial charge in [0.1, 0.15) is 0 Å². The van der Waals surface area contributed by atoms with Gasteiger partial charge in [0.25, 0.3) is 0 Å². The number of rotatable bonds is 6. The van der Waals surface area contributed by atoms with Crippen LogP contribution in [-0.2, 0) is 0 Å². The van der Waals surface area contributed by atoms with Crippen molar-refractivity contribution >= 4 is 0 Å². The summed E-state index contributed by atoms with van der Waals surface area (Å²) in [6.45, 7) is 5.83. The number of aliphatic hydroxyl groups is 2. The Hall–Kier alpha value is -0.120. The van der Waals surface area contributed by atoms with Crippen LogP contribution in [0, 0.1) is 5.41 Å². The average molecular weight is 243 g/mol. The van der Waals surface area contributed by atoms with E-state index >= 15 is 0 Å². The van der Waals surface area contributed by atoms with Crippen LogP contribution in [0.5, 0.6) is 0 Å². The molecule has 1 atom stereocenters. The van der Waals surface area contributed by atoms with Gasteiger partial charge in [-0.15, -0.1) is 0 Å². The molecule has 1 unspecified atom stereocenters. The lowest BCUT2D eigenvalue weighted by Gasteiger charge is -2.31. The normalized spacial score (nSPS) is 24.0. The van der Waals surface area contributed by atoms with Crippen LogP contribution in [0.25, 0.3) is 0 Å². The molecule has 0 aliphatic heterocycles. The van der Waals surface area contributed by atoms with Crippen molar-refractivity contribution in [3.8, 4) is 0 Å². The molecule has 1 aliphatic rings. The highest BCUT2D eigenvalue weighted by atomic mass is 16.3. The first-order valence-corrected chi connectivity index (χ1v) is 7.08. The van der Waals surface area contributed by atoms with Crippen molar-refractivity contribution in [3.05, 3.63) is 0 Å². The predicted molar refractivity (Wildman–Crippen MR) is 71.0 cm³/mol. The summed E-state index contributed by atoms with van der Waals surface area (Å²) in [5.41, 5.74) is -0.568. The van der Waals surface area contributed by atoms with Gasteiger partial charge in [0, 0.05) is 25.1 Å². The van der Waals surface area contributed by atoms with Gasteiger partial charge >= 0.3 is 0 Å². The molecule has 0 aromatic heterocycles. The lowest BCUT2D eigenvalue weighted by Crippen LogP contribution is -2.44. The van der Waals surface area contributed by atoms with Crippen molar-refractivity contribution in [3.63, 3.8) is 0 Å². The molecule has 1 fully saturated rings. The number of hydrogen-bond acceptors (Lipinski definition) is 3. The smallest absolute Gasteiger partial charge is 0.0771 e. The maximum Gasteiger partial charge on any atom is 0.0771 e. The van der Waals surface area contributed by atoms with Crippen molar-refractivity contribution < 1.29 is 10.2 Å². The first kappa shape index (κ1) is 14.9. The Bertz CT molecular complexity index is 206. The lowest BCUT2D eigenvalue weighted by atomic mass is 9.88. The van der Waals surface area contributed by atoms with Crippen molar-refractivity contribution in [2.45, 2.75) is 64.4 Å². The van der Waals surface area contributed by atoms with E-state index < -0.39 is 5.60 Å². The van der Waals surface area contributed by atoms with Crippen LogP contribution in [0.3, 0.4) is 0 Å². The molecule has 0 aromatic carbocycles. The minimum atomic E-state index is -0.513. The van der Waals surface area contributed by atoms with Crippen molar-refractivity contribution in [1.82, 2.24) is 5.32 Å². The third kappa shape index (κ3) is 4.94. The van der Waals surface area contributed by atoms with Crippen molar-refractivity contribution in [1.29, 1.82) is 0 Å². The zero-order valence-electron chi connectivity index (χ0n) is 11.5. The summed E-state index contributed by atoms with van der Waals surface area (Å²) in [6.07, 6.45) is 7.59. The molecule has 3 nitrogen and oxygen atoms in total. The van der Waals surface area contributed by atoms with Crippen LogP contribution in [0.15, 0.2) is 0 Å². The molecular formula is C14H29NO2. The number of aliphatic hydroxyl groups excluding tert-OH is 1. The number of nitrogens with one attached hydrogen (secondary N) is 1. The predicted octanol–water partition coefficient (Wildman–Crippen LogP) is 2.07. The molecule has 0 spiro atoms. The van der Waals surface area contributed by atoms with Gasteiger partial charge in [-0.05, 0) is 19.3 Å². The fourth-order valence-electron chi connectivity index (χ4n) is 2.45. The van der Waals surface area contributed by atoms with E-state index in [0.29, 0.717) is 6.54 Å². The van der Waals surface area contributed by atoms with Gasteiger partial charge in [-0.1, -0.05) is 39.5 Å². The molecule has 3 N–H and O–H groups in total. The molecule has 1 aliphatic carbocycles. The molecule has 0 amide bonds. The van der Waals surface area contributed by atoms with E-state index in [4.69, 9.17) is 0 Å². The van der Waals surface area contributed by atoms with Gasteiger partial charge in [-0.2, -0.15) is 0 Å². The summed E-state index contributed by atoms with van der Waals surface area (Å²) in [5, 5.41) is 23.2. The third-order valence-corrected chi connectivity index (χ3v) is 4.28. The molecule has 1 rings (SSSR count). The minimum Gasteiger partial charge on any atom is -0.396 e. The summed E-state index contributed by atoms with van der Waals surface area (Å²) in [7, 11) is 0. The Labute approximate surface area is 106 Å². The molecule has 3 heteroatoms. The topological polar surface area (TPSA) is 52.5 Å². The molecule has 0 aromatic rings. The Morgan fingerprint density at radius 1 is 1.18 bits per heavy atom. The van der Waals surface area contributed by atoms with Crippen molar-refractivity contribution in [2.24, 2.45) is 5.41 Å². The second-order valence-corrected chi connectivity index (χ2v) is 6.06. The van der Waals surface area contributed by atoms with E-state index in [1.807, 2.05) is 0 Å². The van der Waals surface area contributed by atoms with Crippen molar-refractivity contribution in [2.75, 3.05) is 19.7 Å². The van der Waals surface area contributed by atoms with Gasteiger partial charge in [0.2, 0.25) is 0 Å². The fraction of sp³-hybridized carbons (Fsp3) is 1.00. The third-order valence-electron chi connectivity index (χ3n) is 4.28. The van der Waals surface area contributed by atoms with Crippen LogP contribution in [-0.4, -0.2) is 35.5 Å². The molecule has 1 saturated carbocycles. The zero-order valence-corrected chi connectivity index (χ0v) is 11.5. The fourth-order valence-corrected chi connectivity index (χ4v) is 2.45. The molecule has 102 valence electrons. The largest absolute Gasteiger partial charge is 0.396 e. The first-order chi connectivity index (χ1) is 8.04. The molecule has 0 saturated heterocycles. The average Bonchev–Trinajstić information content (AvgIpc) is 2.54. The highest BCUT2D eigenvalue weighted by molar-refractivity contribution is 4.85. The van der Waals surface area contributed by atoms with E-state index in [0.717, 1.165) is 38.6 Å². The summed E-state index contributed by atoms with van der Waals surface area (Å²) >= 11 is 0. The summed E-state index contributed by atoms with van der Waals surface area (Å²) in [6, 6.07) is 0.